The van der Waals surface area contributed by atoms with Crippen molar-refractivity contribution in [3.8, 4) is 11.3 Å². The minimum atomic E-state index is -0.278. The van der Waals surface area contributed by atoms with Crippen LogP contribution in [0.25, 0.3) is 11.3 Å². The molecule has 7 heteroatoms. The Hall–Kier alpha value is -2.80. The van der Waals surface area contributed by atoms with Crippen LogP contribution in [0.15, 0.2) is 55.1 Å². The first-order chi connectivity index (χ1) is 12.7. The van der Waals surface area contributed by atoms with Crippen LogP contribution in [0.1, 0.15) is 13.1 Å². The summed E-state index contributed by atoms with van der Waals surface area (Å²) in [6.45, 7) is 5.54. The zero-order chi connectivity index (χ0) is 17.9. The number of anilines is 1. The summed E-state index contributed by atoms with van der Waals surface area (Å²) in [6.07, 6.45) is 7.27. The van der Waals surface area contributed by atoms with Gasteiger partial charge in [-0.15, -0.1) is 0 Å². The Morgan fingerprint density at radius 3 is 2.46 bits per heavy atom. The largest absolute Gasteiger partial charge is 0.352 e. The summed E-state index contributed by atoms with van der Waals surface area (Å²) in [5, 5.41) is 4.33. The van der Waals surface area contributed by atoms with Gasteiger partial charge in [0.25, 0.3) is 0 Å². The summed E-state index contributed by atoms with van der Waals surface area (Å²) in [6, 6.07) is 8.65. The summed E-state index contributed by atoms with van der Waals surface area (Å²) < 4.78 is 16.2. The van der Waals surface area contributed by atoms with E-state index in [1.807, 2.05) is 23.0 Å². The third-order valence-corrected chi connectivity index (χ3v) is 4.86. The van der Waals surface area contributed by atoms with Gasteiger partial charge in [0, 0.05) is 56.5 Å². The van der Waals surface area contributed by atoms with Gasteiger partial charge in [-0.25, -0.2) is 9.37 Å². The van der Waals surface area contributed by atoms with Crippen molar-refractivity contribution in [3.05, 3.63) is 60.9 Å². The predicted molar refractivity (Wildman–Crippen MR) is 98.2 cm³/mol. The molecule has 4 rings (SSSR count). The lowest BCUT2D eigenvalue weighted by molar-refractivity contribution is 0.134. The third-order valence-electron chi connectivity index (χ3n) is 4.86. The highest BCUT2D eigenvalue weighted by atomic mass is 19.1. The maximum atomic E-state index is 14.2. The fourth-order valence-electron chi connectivity index (χ4n) is 3.38. The van der Waals surface area contributed by atoms with E-state index in [1.54, 1.807) is 30.7 Å². The average Bonchev–Trinajstić information content (AvgIpc) is 3.23. The van der Waals surface area contributed by atoms with E-state index in [4.69, 9.17) is 0 Å². The molecule has 26 heavy (non-hydrogen) atoms. The first-order valence-corrected chi connectivity index (χ1v) is 8.78. The second-order valence-corrected chi connectivity index (χ2v) is 6.35. The highest BCUT2D eigenvalue weighted by Gasteiger charge is 2.25. The molecule has 3 aromatic rings. The van der Waals surface area contributed by atoms with Gasteiger partial charge in [0.2, 0.25) is 0 Å². The van der Waals surface area contributed by atoms with Crippen molar-refractivity contribution in [1.29, 1.82) is 0 Å². The number of aromatic nitrogens is 4. The van der Waals surface area contributed by atoms with E-state index in [2.05, 4.69) is 31.8 Å². The minimum Gasteiger partial charge on any atom is -0.352 e. The van der Waals surface area contributed by atoms with Crippen LogP contribution in [-0.2, 0) is 0 Å². The van der Waals surface area contributed by atoms with Crippen LogP contribution < -0.4 is 4.90 Å². The molecule has 1 aliphatic heterocycles. The molecule has 6 nitrogen and oxygen atoms in total. The monoisotopic (exact) mass is 352 g/mol. The Morgan fingerprint density at radius 2 is 1.73 bits per heavy atom. The molecule has 0 saturated carbocycles. The van der Waals surface area contributed by atoms with E-state index < -0.39 is 0 Å². The van der Waals surface area contributed by atoms with Crippen LogP contribution >= 0.6 is 0 Å². The molecule has 1 saturated heterocycles. The van der Waals surface area contributed by atoms with Gasteiger partial charge in [-0.3, -0.25) is 14.6 Å². The summed E-state index contributed by atoms with van der Waals surface area (Å²) in [7, 11) is 0. The van der Waals surface area contributed by atoms with Gasteiger partial charge >= 0.3 is 0 Å². The van der Waals surface area contributed by atoms with Crippen molar-refractivity contribution in [3.63, 3.8) is 0 Å². The van der Waals surface area contributed by atoms with Gasteiger partial charge in [0.1, 0.15) is 17.7 Å². The Bertz CT molecular complexity index is 858. The average molecular weight is 352 g/mol. The molecule has 1 atom stereocenters. The molecular weight excluding hydrogens is 331 g/mol. The summed E-state index contributed by atoms with van der Waals surface area (Å²) in [4.78, 5) is 13.5. The SMILES string of the molecule is CC(N1CCN(c2nccnc2-c2ccccc2F)CC1)n1cccn1. The lowest BCUT2D eigenvalue weighted by Crippen LogP contribution is -2.48. The third kappa shape index (κ3) is 3.17. The molecule has 0 amide bonds. The quantitative estimate of drug-likeness (QED) is 0.723. The standard InChI is InChI=1S/C19H21FN6/c1-15(26-10-4-7-23-26)24-11-13-25(14-12-24)19-18(21-8-9-22-19)16-5-2-3-6-17(16)20/h2-10,15H,11-14H2,1H3. The van der Waals surface area contributed by atoms with Gasteiger partial charge < -0.3 is 4.90 Å². The van der Waals surface area contributed by atoms with Gasteiger partial charge in [0.05, 0.1) is 0 Å². The predicted octanol–water partition coefficient (Wildman–Crippen LogP) is 2.82. The summed E-state index contributed by atoms with van der Waals surface area (Å²) >= 11 is 0. The van der Waals surface area contributed by atoms with Crippen LogP contribution in [0, 0.1) is 5.82 Å². The van der Waals surface area contributed by atoms with E-state index in [1.165, 1.54) is 6.07 Å². The van der Waals surface area contributed by atoms with Gasteiger partial charge in [-0.05, 0) is 25.1 Å². The van der Waals surface area contributed by atoms with Gasteiger partial charge in [-0.1, -0.05) is 12.1 Å². The molecule has 0 bridgehead atoms. The lowest BCUT2D eigenvalue weighted by Gasteiger charge is -2.38. The number of hydrogen-bond donors (Lipinski definition) is 0. The normalized spacial score (nSPS) is 16.6. The molecule has 1 unspecified atom stereocenters. The molecule has 134 valence electrons. The molecule has 0 radical (unpaired) electrons. The van der Waals surface area contributed by atoms with E-state index in [-0.39, 0.29) is 12.0 Å². The first-order valence-electron chi connectivity index (χ1n) is 8.78. The number of piperazine rings is 1. The fourth-order valence-corrected chi connectivity index (χ4v) is 3.38. The van der Waals surface area contributed by atoms with Crippen LogP contribution in [-0.4, -0.2) is 50.8 Å². The minimum absolute atomic E-state index is 0.208. The Morgan fingerprint density at radius 1 is 0.962 bits per heavy atom. The number of rotatable bonds is 4. The highest BCUT2D eigenvalue weighted by Crippen LogP contribution is 2.29. The van der Waals surface area contributed by atoms with Gasteiger partial charge in [0.15, 0.2) is 5.82 Å². The number of benzene rings is 1. The second-order valence-electron chi connectivity index (χ2n) is 6.35. The maximum absolute atomic E-state index is 14.2. The summed E-state index contributed by atoms with van der Waals surface area (Å²) in [5.41, 5.74) is 1.09. The van der Waals surface area contributed by atoms with E-state index in [0.717, 1.165) is 32.0 Å². The highest BCUT2D eigenvalue weighted by molar-refractivity contribution is 5.72. The molecule has 1 aromatic carbocycles. The zero-order valence-corrected chi connectivity index (χ0v) is 14.7. The smallest absolute Gasteiger partial charge is 0.155 e. The van der Waals surface area contributed by atoms with E-state index in [9.17, 15) is 4.39 Å². The zero-order valence-electron chi connectivity index (χ0n) is 14.7. The molecule has 0 N–H and O–H groups in total. The van der Waals surface area contributed by atoms with Gasteiger partial charge in [-0.2, -0.15) is 5.10 Å². The van der Waals surface area contributed by atoms with Crippen molar-refractivity contribution < 1.29 is 4.39 Å². The Kier molecular flexibility index (Phi) is 4.62. The van der Waals surface area contributed by atoms with Crippen LogP contribution in [0.5, 0.6) is 0 Å². The molecule has 0 spiro atoms. The van der Waals surface area contributed by atoms with Crippen molar-refractivity contribution in [2.75, 3.05) is 31.1 Å². The molecule has 0 aliphatic carbocycles. The second kappa shape index (κ2) is 7.21. The number of nitrogens with zero attached hydrogens (tertiary/aromatic N) is 6. The molecule has 1 aliphatic rings. The first kappa shape index (κ1) is 16.7. The molecule has 1 fully saturated rings. The van der Waals surface area contributed by atoms with E-state index >= 15 is 0 Å². The van der Waals surface area contributed by atoms with Crippen LogP contribution in [0.4, 0.5) is 10.2 Å². The van der Waals surface area contributed by atoms with Crippen LogP contribution in [0.2, 0.25) is 0 Å². The number of halogens is 1. The van der Waals surface area contributed by atoms with Crippen molar-refractivity contribution in [2.45, 2.75) is 13.1 Å². The Balaban J connectivity index is 1.53. The van der Waals surface area contributed by atoms with Crippen LogP contribution in [0.3, 0.4) is 0 Å². The molecular formula is C19H21FN6. The summed E-state index contributed by atoms with van der Waals surface area (Å²) in [5.74, 6) is 0.462. The Labute approximate surface area is 151 Å². The van der Waals surface area contributed by atoms with Crippen molar-refractivity contribution >= 4 is 5.82 Å². The fraction of sp³-hybridized carbons (Fsp3) is 0.316. The van der Waals surface area contributed by atoms with Crippen molar-refractivity contribution in [2.24, 2.45) is 0 Å². The molecule has 3 heterocycles. The van der Waals surface area contributed by atoms with E-state index in [0.29, 0.717) is 11.3 Å². The molecule has 2 aromatic heterocycles. The van der Waals surface area contributed by atoms with Crippen molar-refractivity contribution in [1.82, 2.24) is 24.6 Å². The lowest BCUT2D eigenvalue weighted by atomic mass is 10.1. The maximum Gasteiger partial charge on any atom is 0.155 e. The number of hydrogen-bond acceptors (Lipinski definition) is 5. The topological polar surface area (TPSA) is 50.1 Å².